The first kappa shape index (κ1) is 19.4. The summed E-state index contributed by atoms with van der Waals surface area (Å²) < 4.78 is 6.72. The number of carboxylic acid groups (broad SMARTS) is 1. The molecule has 1 aromatic carbocycles. The van der Waals surface area contributed by atoms with Crippen LogP contribution in [0, 0.1) is 15.4 Å². The molecule has 0 bridgehead atoms. The zero-order valence-electron chi connectivity index (χ0n) is 14.5. The third-order valence-electron chi connectivity index (χ3n) is 4.93. The van der Waals surface area contributed by atoms with E-state index in [1.807, 2.05) is 38.1 Å². The monoisotopic (exact) mass is 484 g/mol. The highest BCUT2D eigenvalue weighted by atomic mass is 127. The van der Waals surface area contributed by atoms with Gasteiger partial charge in [0, 0.05) is 5.92 Å². The Labute approximate surface area is 168 Å². The first-order chi connectivity index (χ1) is 12.3. The van der Waals surface area contributed by atoms with E-state index in [2.05, 4.69) is 31.8 Å². The summed E-state index contributed by atoms with van der Waals surface area (Å²) in [5, 5.41) is 11.6. The highest BCUT2D eigenvalue weighted by molar-refractivity contribution is 14.1. The molecule has 0 aromatic heterocycles. The van der Waals surface area contributed by atoms with Gasteiger partial charge in [-0.25, -0.2) is 0 Å². The molecular formula is C19H20INO4P-. The molecule has 1 amide bonds. The molecule has 0 aliphatic carbocycles. The average Bonchev–Trinajstić information content (AvgIpc) is 2.82. The molecule has 5 atom stereocenters. The molecule has 7 heteroatoms. The number of halogens is 1. The fourth-order valence-corrected chi connectivity index (χ4v) is 4.66. The smallest absolute Gasteiger partial charge is 0.233 e. The standard InChI is InChI=1S/C19H21INO4P/c1-10-12(6-5-9-25-14-8-4-3-7-13(14)20)17(19(23)24)21-16(10)15(11(2)26)18(21)22/h3-8,10-11,15-16H,9,26H2,1-2H3,(H,23,24)/p-1/b6-5+/t10-,11?,15?,16?/m0/s1. The number of ether oxygens (including phenoxy) is 1. The second-order valence-electron chi connectivity index (χ2n) is 6.61. The fraction of sp³-hybridized carbons (Fsp3) is 0.368. The number of carbonyl (C=O) groups excluding carboxylic acids is 2. The number of carbonyl (C=O) groups is 2. The van der Waals surface area contributed by atoms with Crippen molar-refractivity contribution >= 4 is 43.7 Å². The third kappa shape index (κ3) is 3.29. The second-order valence-corrected chi connectivity index (χ2v) is 8.82. The summed E-state index contributed by atoms with van der Waals surface area (Å²) in [6.45, 7) is 4.23. The molecule has 1 fully saturated rings. The molecule has 4 unspecified atom stereocenters. The van der Waals surface area contributed by atoms with E-state index in [1.165, 1.54) is 4.90 Å². The van der Waals surface area contributed by atoms with Crippen molar-refractivity contribution in [3.63, 3.8) is 0 Å². The zero-order valence-corrected chi connectivity index (χ0v) is 17.8. The summed E-state index contributed by atoms with van der Waals surface area (Å²) in [5.41, 5.74) is 0.726. The predicted octanol–water partition coefficient (Wildman–Crippen LogP) is 1.97. The van der Waals surface area contributed by atoms with Gasteiger partial charge in [-0.3, -0.25) is 4.79 Å². The van der Waals surface area contributed by atoms with Crippen molar-refractivity contribution in [1.29, 1.82) is 0 Å². The SMILES string of the molecule is CC(P)C1C(=O)N2C(C(=O)[O-])=C(/C=C/COc3ccccc3I)[C@H](C)C12. The van der Waals surface area contributed by atoms with Crippen molar-refractivity contribution in [2.45, 2.75) is 25.5 Å². The molecule has 0 radical (unpaired) electrons. The molecule has 2 aliphatic rings. The van der Waals surface area contributed by atoms with Gasteiger partial charge in [-0.15, -0.1) is 9.24 Å². The number of amides is 1. The Hall–Kier alpha value is -1.40. The number of fused-ring (bicyclic) bond motifs is 1. The Balaban J connectivity index is 1.77. The number of benzene rings is 1. The zero-order chi connectivity index (χ0) is 19.0. The maximum Gasteiger partial charge on any atom is 0.233 e. The van der Waals surface area contributed by atoms with Crippen molar-refractivity contribution in [2.75, 3.05) is 6.61 Å². The summed E-state index contributed by atoms with van der Waals surface area (Å²) in [5.74, 6) is -0.885. The minimum atomic E-state index is -1.30. The van der Waals surface area contributed by atoms with Crippen LogP contribution < -0.4 is 9.84 Å². The highest BCUT2D eigenvalue weighted by Gasteiger charge is 2.57. The van der Waals surface area contributed by atoms with E-state index in [0.717, 1.165) is 9.32 Å². The normalized spacial score (nSPS) is 26.1. The lowest BCUT2D eigenvalue weighted by atomic mass is 9.79. The number of nitrogens with zero attached hydrogens (tertiary/aromatic N) is 1. The molecule has 1 saturated heterocycles. The van der Waals surface area contributed by atoms with Gasteiger partial charge in [-0.05, 0) is 52.0 Å². The average molecular weight is 484 g/mol. The Morgan fingerprint density at radius 1 is 1.46 bits per heavy atom. The van der Waals surface area contributed by atoms with Gasteiger partial charge in [-0.1, -0.05) is 32.1 Å². The van der Waals surface area contributed by atoms with Gasteiger partial charge >= 0.3 is 0 Å². The minimum Gasteiger partial charge on any atom is -0.543 e. The molecule has 1 aromatic rings. The first-order valence-corrected chi connectivity index (χ1v) is 10.2. The number of hydrogen-bond donors (Lipinski definition) is 0. The van der Waals surface area contributed by atoms with E-state index in [-0.39, 0.29) is 35.1 Å². The van der Waals surface area contributed by atoms with E-state index in [9.17, 15) is 14.7 Å². The van der Waals surface area contributed by atoms with Crippen molar-refractivity contribution in [3.8, 4) is 5.75 Å². The Bertz CT molecular complexity index is 804. The van der Waals surface area contributed by atoms with Crippen LogP contribution in [0.25, 0.3) is 0 Å². The van der Waals surface area contributed by atoms with Crippen molar-refractivity contribution in [1.82, 2.24) is 4.90 Å². The molecule has 5 nitrogen and oxygen atoms in total. The van der Waals surface area contributed by atoms with Crippen molar-refractivity contribution < 1.29 is 19.4 Å². The van der Waals surface area contributed by atoms with Crippen LogP contribution in [0.2, 0.25) is 0 Å². The molecule has 2 heterocycles. The summed E-state index contributed by atoms with van der Waals surface area (Å²) in [7, 11) is 2.65. The van der Waals surface area contributed by atoms with E-state index in [0.29, 0.717) is 12.2 Å². The maximum absolute atomic E-state index is 12.4. The minimum absolute atomic E-state index is 0.0000540. The van der Waals surface area contributed by atoms with Crippen molar-refractivity contribution in [2.24, 2.45) is 11.8 Å². The predicted molar refractivity (Wildman–Crippen MR) is 108 cm³/mol. The van der Waals surface area contributed by atoms with Gasteiger partial charge in [0.1, 0.15) is 12.4 Å². The number of para-hydroxylation sites is 1. The molecule has 0 spiro atoms. The van der Waals surface area contributed by atoms with E-state index in [4.69, 9.17) is 4.74 Å². The van der Waals surface area contributed by atoms with Crippen LogP contribution in [0.5, 0.6) is 5.75 Å². The summed E-state index contributed by atoms with van der Waals surface area (Å²) in [6, 6.07) is 7.56. The quantitative estimate of drug-likeness (QED) is 0.352. The van der Waals surface area contributed by atoms with Gasteiger partial charge in [0.25, 0.3) is 0 Å². The maximum atomic E-state index is 12.4. The lowest BCUT2D eigenvalue weighted by Gasteiger charge is -2.47. The molecule has 0 N–H and O–H groups in total. The largest absolute Gasteiger partial charge is 0.543 e. The number of rotatable bonds is 6. The van der Waals surface area contributed by atoms with Crippen LogP contribution >= 0.6 is 31.8 Å². The number of β-lactam (4-membered cyclic amide) rings is 1. The third-order valence-corrected chi connectivity index (χ3v) is 6.24. The van der Waals surface area contributed by atoms with Crippen LogP contribution in [0.1, 0.15) is 13.8 Å². The van der Waals surface area contributed by atoms with E-state index in [1.54, 1.807) is 12.2 Å². The summed E-state index contributed by atoms with van der Waals surface area (Å²) in [4.78, 5) is 25.4. The highest BCUT2D eigenvalue weighted by Crippen LogP contribution is 2.48. The van der Waals surface area contributed by atoms with Crippen LogP contribution in [-0.2, 0) is 9.59 Å². The number of hydrogen-bond acceptors (Lipinski definition) is 4. The lowest BCUT2D eigenvalue weighted by molar-refractivity contribution is -0.301. The Morgan fingerprint density at radius 3 is 2.77 bits per heavy atom. The summed E-state index contributed by atoms with van der Waals surface area (Å²) in [6.07, 6.45) is 3.54. The lowest BCUT2D eigenvalue weighted by Crippen LogP contribution is -2.63. The second kappa shape index (κ2) is 7.69. The van der Waals surface area contributed by atoms with Gasteiger partial charge in [0.2, 0.25) is 5.91 Å². The topological polar surface area (TPSA) is 69.7 Å². The van der Waals surface area contributed by atoms with Crippen LogP contribution in [0.4, 0.5) is 0 Å². The number of aliphatic carboxylic acids is 1. The fourth-order valence-electron chi connectivity index (χ4n) is 3.72. The van der Waals surface area contributed by atoms with Gasteiger partial charge < -0.3 is 19.5 Å². The van der Waals surface area contributed by atoms with Crippen LogP contribution in [0.15, 0.2) is 47.7 Å². The first-order valence-electron chi connectivity index (χ1n) is 8.42. The molecule has 26 heavy (non-hydrogen) atoms. The van der Waals surface area contributed by atoms with Crippen LogP contribution in [0.3, 0.4) is 0 Å². The van der Waals surface area contributed by atoms with Gasteiger partial charge in [-0.2, -0.15) is 0 Å². The molecular weight excluding hydrogens is 464 g/mol. The van der Waals surface area contributed by atoms with Crippen LogP contribution in [-0.4, -0.2) is 35.1 Å². The van der Waals surface area contributed by atoms with Gasteiger partial charge in [0.15, 0.2) is 0 Å². The number of allylic oxidation sites excluding steroid dienone is 1. The van der Waals surface area contributed by atoms with Crippen molar-refractivity contribution in [3.05, 3.63) is 51.3 Å². The Kier molecular flexibility index (Phi) is 5.72. The molecule has 2 aliphatic heterocycles. The number of carboxylic acids is 1. The van der Waals surface area contributed by atoms with E-state index < -0.39 is 5.97 Å². The summed E-state index contributed by atoms with van der Waals surface area (Å²) >= 11 is 2.20. The van der Waals surface area contributed by atoms with Gasteiger partial charge in [0.05, 0.1) is 27.2 Å². The van der Waals surface area contributed by atoms with E-state index >= 15 is 0 Å². The molecule has 3 rings (SSSR count). The Morgan fingerprint density at radius 2 is 2.15 bits per heavy atom. The molecule has 0 saturated carbocycles. The molecule has 138 valence electrons.